The lowest BCUT2D eigenvalue weighted by atomic mass is 9.77. The van der Waals surface area contributed by atoms with Crippen molar-refractivity contribution in [3.8, 4) is 6.07 Å². The van der Waals surface area contributed by atoms with Crippen molar-refractivity contribution in [3.63, 3.8) is 0 Å². The zero-order chi connectivity index (χ0) is 18.5. The summed E-state index contributed by atoms with van der Waals surface area (Å²) in [6.45, 7) is 4.03. The zero-order valence-electron chi connectivity index (χ0n) is 16.5. The number of benzene rings is 1. The third-order valence-corrected chi connectivity index (χ3v) is 5.57. The minimum absolute atomic E-state index is 0.692. The van der Waals surface area contributed by atoms with Gasteiger partial charge < -0.3 is 4.74 Å². The van der Waals surface area contributed by atoms with E-state index >= 15 is 0 Å². The Morgan fingerprint density at radius 3 is 2.42 bits per heavy atom. The van der Waals surface area contributed by atoms with Crippen molar-refractivity contribution >= 4 is 0 Å². The molecule has 0 radical (unpaired) electrons. The number of rotatable bonds is 11. The second-order valence-electron chi connectivity index (χ2n) is 7.58. The maximum atomic E-state index is 8.90. The van der Waals surface area contributed by atoms with Crippen LogP contribution in [0.2, 0.25) is 0 Å². The number of ether oxygens (including phenoxy) is 1. The van der Waals surface area contributed by atoms with E-state index in [4.69, 9.17) is 10.00 Å². The summed E-state index contributed by atoms with van der Waals surface area (Å²) in [5.74, 6) is 1.57. The van der Waals surface area contributed by atoms with E-state index in [9.17, 15) is 0 Å². The lowest BCUT2D eigenvalue weighted by Gasteiger charge is -2.28. The Morgan fingerprint density at radius 1 is 1.00 bits per heavy atom. The molecule has 0 saturated heterocycles. The third-order valence-electron chi connectivity index (χ3n) is 5.57. The number of nitriles is 1. The molecule has 1 aliphatic rings. The summed E-state index contributed by atoms with van der Waals surface area (Å²) >= 11 is 0. The van der Waals surface area contributed by atoms with E-state index in [-0.39, 0.29) is 0 Å². The van der Waals surface area contributed by atoms with E-state index in [1.807, 2.05) is 12.1 Å². The van der Waals surface area contributed by atoms with Gasteiger partial charge in [-0.25, -0.2) is 0 Å². The molecule has 0 N–H and O–H groups in total. The highest BCUT2D eigenvalue weighted by molar-refractivity contribution is 5.33. The molecular weight excluding hydrogens is 318 g/mol. The molecule has 1 aromatic rings. The Labute approximate surface area is 160 Å². The molecule has 0 aromatic heterocycles. The van der Waals surface area contributed by atoms with Gasteiger partial charge in [0, 0.05) is 13.2 Å². The summed E-state index contributed by atoms with van der Waals surface area (Å²) in [5.41, 5.74) is 2.18. The molecule has 1 fully saturated rings. The van der Waals surface area contributed by atoms with Crippen molar-refractivity contribution in [2.45, 2.75) is 77.0 Å². The van der Waals surface area contributed by atoms with Crippen LogP contribution in [0.25, 0.3) is 0 Å². The number of allylic oxidation sites excluding steroid dienone is 2. The molecule has 1 saturated carbocycles. The molecule has 0 unspecified atom stereocenters. The Bertz CT molecular complexity index is 547. The number of nitrogens with zero attached hydrogens (tertiary/aromatic N) is 1. The van der Waals surface area contributed by atoms with Gasteiger partial charge in [-0.15, -0.1) is 0 Å². The average Bonchev–Trinajstić information content (AvgIpc) is 2.70. The number of hydrogen-bond acceptors (Lipinski definition) is 2. The first-order chi connectivity index (χ1) is 12.8. The maximum Gasteiger partial charge on any atom is 0.0991 e. The van der Waals surface area contributed by atoms with Crippen LogP contribution in [-0.4, -0.2) is 13.2 Å². The minimum atomic E-state index is 0.692. The molecule has 0 bridgehead atoms. The molecule has 0 amide bonds. The fourth-order valence-electron chi connectivity index (χ4n) is 3.94. The Balaban J connectivity index is 1.50. The van der Waals surface area contributed by atoms with Gasteiger partial charge in [-0.1, -0.05) is 31.2 Å². The molecule has 0 heterocycles. The molecule has 1 aliphatic carbocycles. The lowest BCUT2D eigenvalue weighted by Crippen LogP contribution is -2.14. The van der Waals surface area contributed by atoms with E-state index in [2.05, 4.69) is 37.3 Å². The Morgan fingerprint density at radius 2 is 1.73 bits per heavy atom. The smallest absolute Gasteiger partial charge is 0.0991 e. The quantitative estimate of drug-likeness (QED) is 0.325. The topological polar surface area (TPSA) is 33.0 Å². The third kappa shape index (κ3) is 7.75. The summed E-state index contributed by atoms with van der Waals surface area (Å²) in [6.07, 6.45) is 17.1. The molecule has 2 rings (SSSR count). The van der Waals surface area contributed by atoms with Gasteiger partial charge in [0.05, 0.1) is 11.6 Å². The van der Waals surface area contributed by atoms with Crippen molar-refractivity contribution < 1.29 is 4.74 Å². The van der Waals surface area contributed by atoms with Gasteiger partial charge in [0.1, 0.15) is 0 Å². The Kier molecular flexibility index (Phi) is 10.1. The van der Waals surface area contributed by atoms with Crippen molar-refractivity contribution in [2.24, 2.45) is 5.92 Å². The number of unbranched alkanes of at least 4 members (excludes halogenated alkanes) is 2. The second-order valence-corrected chi connectivity index (χ2v) is 7.58. The van der Waals surface area contributed by atoms with Crippen LogP contribution < -0.4 is 0 Å². The van der Waals surface area contributed by atoms with Crippen molar-refractivity contribution in [2.75, 3.05) is 13.2 Å². The largest absolute Gasteiger partial charge is 0.381 e. The SMILES string of the molecule is CCC=CCCCCOCCCC1CCC(c2ccc(C#N)cc2)CC1. The first-order valence-corrected chi connectivity index (χ1v) is 10.6. The summed E-state index contributed by atoms with van der Waals surface area (Å²) < 4.78 is 5.79. The highest BCUT2D eigenvalue weighted by Gasteiger charge is 2.21. The highest BCUT2D eigenvalue weighted by Crippen LogP contribution is 2.37. The van der Waals surface area contributed by atoms with Gasteiger partial charge >= 0.3 is 0 Å². The van der Waals surface area contributed by atoms with Gasteiger partial charge in [-0.05, 0) is 93.7 Å². The first kappa shape index (κ1) is 20.7. The van der Waals surface area contributed by atoms with Crippen LogP contribution in [0.15, 0.2) is 36.4 Å². The Hall–Kier alpha value is -1.59. The van der Waals surface area contributed by atoms with Crippen molar-refractivity contribution in [1.82, 2.24) is 0 Å². The molecule has 26 heavy (non-hydrogen) atoms. The number of hydrogen-bond donors (Lipinski definition) is 0. The molecular formula is C24H35NO. The molecule has 0 spiro atoms. The first-order valence-electron chi connectivity index (χ1n) is 10.6. The molecule has 2 nitrogen and oxygen atoms in total. The fourth-order valence-corrected chi connectivity index (χ4v) is 3.94. The van der Waals surface area contributed by atoms with E-state index in [1.54, 1.807) is 0 Å². The van der Waals surface area contributed by atoms with Crippen molar-refractivity contribution in [1.29, 1.82) is 5.26 Å². The summed E-state index contributed by atoms with van der Waals surface area (Å²) in [6, 6.07) is 10.4. The van der Waals surface area contributed by atoms with Crippen LogP contribution in [0.5, 0.6) is 0 Å². The van der Waals surface area contributed by atoms with E-state index in [0.29, 0.717) is 5.92 Å². The highest BCUT2D eigenvalue weighted by atomic mass is 16.5. The van der Waals surface area contributed by atoms with Crippen LogP contribution in [-0.2, 0) is 4.74 Å². The molecule has 2 heteroatoms. The molecule has 1 aromatic carbocycles. The molecule has 142 valence electrons. The maximum absolute atomic E-state index is 8.90. The van der Waals surface area contributed by atoms with Crippen LogP contribution in [0.4, 0.5) is 0 Å². The second kappa shape index (κ2) is 12.7. The predicted molar refractivity (Wildman–Crippen MR) is 109 cm³/mol. The fraction of sp³-hybridized carbons (Fsp3) is 0.625. The monoisotopic (exact) mass is 353 g/mol. The van der Waals surface area contributed by atoms with E-state index < -0.39 is 0 Å². The average molecular weight is 354 g/mol. The summed E-state index contributed by atoms with van der Waals surface area (Å²) in [4.78, 5) is 0. The van der Waals surface area contributed by atoms with Gasteiger partial charge in [0.15, 0.2) is 0 Å². The van der Waals surface area contributed by atoms with E-state index in [0.717, 1.165) is 31.1 Å². The van der Waals surface area contributed by atoms with Gasteiger partial charge in [0.25, 0.3) is 0 Å². The van der Waals surface area contributed by atoms with Crippen LogP contribution in [0, 0.1) is 17.2 Å². The van der Waals surface area contributed by atoms with E-state index in [1.165, 1.54) is 63.4 Å². The lowest BCUT2D eigenvalue weighted by molar-refractivity contribution is 0.121. The van der Waals surface area contributed by atoms with Gasteiger partial charge in [0.2, 0.25) is 0 Å². The summed E-state index contributed by atoms with van der Waals surface area (Å²) in [5, 5.41) is 8.90. The van der Waals surface area contributed by atoms with Crippen molar-refractivity contribution in [3.05, 3.63) is 47.5 Å². The zero-order valence-corrected chi connectivity index (χ0v) is 16.5. The normalized spacial score (nSPS) is 20.3. The van der Waals surface area contributed by atoms with Gasteiger partial charge in [-0.2, -0.15) is 5.26 Å². The van der Waals surface area contributed by atoms with Gasteiger partial charge in [-0.3, -0.25) is 0 Å². The standard InChI is InChI=1S/C24H35NO/c1-2-3-4-5-6-7-18-26-19-8-9-21-10-14-23(15-11-21)24-16-12-22(20-25)13-17-24/h3-4,12-13,16-17,21,23H,2,5-11,14-15,18-19H2,1H3. The van der Waals surface area contributed by atoms with Crippen LogP contribution in [0.1, 0.15) is 88.2 Å². The predicted octanol–water partition coefficient (Wildman–Crippen LogP) is 6.77. The summed E-state index contributed by atoms with van der Waals surface area (Å²) in [7, 11) is 0. The van der Waals surface area contributed by atoms with Crippen LogP contribution in [0.3, 0.4) is 0 Å². The molecule has 0 aliphatic heterocycles. The van der Waals surface area contributed by atoms with Crippen LogP contribution >= 0.6 is 0 Å². The minimum Gasteiger partial charge on any atom is -0.381 e. The molecule has 0 atom stereocenters.